The lowest BCUT2D eigenvalue weighted by Gasteiger charge is -2.20. The number of aryl methyl sites for hydroxylation is 1. The van der Waals surface area contributed by atoms with Crippen LogP contribution in [0.25, 0.3) is 22.2 Å². The minimum absolute atomic E-state index is 0.101. The van der Waals surface area contributed by atoms with Gasteiger partial charge in [0, 0.05) is 13.6 Å². The Balaban J connectivity index is 1.92. The van der Waals surface area contributed by atoms with Gasteiger partial charge in [0.25, 0.3) is 0 Å². The number of oxazole rings is 1. The highest BCUT2D eigenvalue weighted by atomic mass is 16.4. The topological polar surface area (TPSA) is 104 Å². The van der Waals surface area contributed by atoms with E-state index < -0.39 is 5.54 Å². The number of rotatable bonds is 5. The zero-order chi connectivity index (χ0) is 17.3. The molecule has 0 spiro atoms. The van der Waals surface area contributed by atoms with Gasteiger partial charge < -0.3 is 20.7 Å². The predicted octanol–water partition coefficient (Wildman–Crippen LogP) is 1.20. The minimum atomic E-state index is -1.03. The van der Waals surface area contributed by atoms with Crippen molar-refractivity contribution in [3.63, 3.8) is 0 Å². The van der Waals surface area contributed by atoms with Crippen molar-refractivity contribution in [2.75, 3.05) is 6.54 Å². The molecule has 2 aromatic carbocycles. The number of carbonyl (C=O) groups is 1. The van der Waals surface area contributed by atoms with Gasteiger partial charge in [-0.25, -0.2) is 4.79 Å². The lowest BCUT2D eigenvalue weighted by molar-refractivity contribution is -0.111. The van der Waals surface area contributed by atoms with Crippen LogP contribution in [0.3, 0.4) is 0 Å². The van der Waals surface area contributed by atoms with Gasteiger partial charge in [-0.3, -0.25) is 4.57 Å². The van der Waals surface area contributed by atoms with E-state index in [0.29, 0.717) is 18.3 Å². The van der Waals surface area contributed by atoms with Crippen molar-refractivity contribution in [1.29, 1.82) is 0 Å². The van der Waals surface area contributed by atoms with E-state index in [9.17, 15) is 9.59 Å². The first-order valence-electron chi connectivity index (χ1n) is 7.60. The van der Waals surface area contributed by atoms with E-state index in [1.807, 2.05) is 36.4 Å². The Hall–Kier alpha value is -2.70. The van der Waals surface area contributed by atoms with Gasteiger partial charge in [0.2, 0.25) is 0 Å². The number of hydrogen-bond acceptors (Lipinski definition) is 5. The normalized spacial score (nSPS) is 13.8. The maximum atomic E-state index is 11.6. The third-order valence-corrected chi connectivity index (χ3v) is 4.23. The summed E-state index contributed by atoms with van der Waals surface area (Å²) in [5, 5.41) is 0. The van der Waals surface area contributed by atoms with E-state index in [0.717, 1.165) is 22.2 Å². The summed E-state index contributed by atoms with van der Waals surface area (Å²) in [6.45, 7) is 0.101. The van der Waals surface area contributed by atoms with Crippen molar-refractivity contribution < 1.29 is 9.21 Å². The standard InChI is InChI=1S/C18H19N3O3/c1-21-15-8-14(6-7-16(15)24-17(21)23)13-4-2-12(3-5-13)9-18(20,10-19)11-22/h2-8,11H,9-10,19-20H2,1H3. The summed E-state index contributed by atoms with van der Waals surface area (Å²) < 4.78 is 6.61. The summed E-state index contributed by atoms with van der Waals surface area (Å²) >= 11 is 0. The van der Waals surface area contributed by atoms with Crippen LogP contribution in [0.15, 0.2) is 51.7 Å². The molecule has 0 radical (unpaired) electrons. The lowest BCUT2D eigenvalue weighted by Crippen LogP contribution is -2.50. The molecule has 0 aliphatic carbocycles. The second-order valence-corrected chi connectivity index (χ2v) is 6.04. The minimum Gasteiger partial charge on any atom is -0.408 e. The van der Waals surface area contributed by atoms with Crippen LogP contribution in [0.5, 0.6) is 0 Å². The molecule has 0 aliphatic rings. The third kappa shape index (κ3) is 2.89. The molecular weight excluding hydrogens is 306 g/mol. The molecule has 1 unspecified atom stereocenters. The number of hydrogen-bond donors (Lipinski definition) is 2. The predicted molar refractivity (Wildman–Crippen MR) is 92.6 cm³/mol. The van der Waals surface area contributed by atoms with Gasteiger partial charge in [-0.1, -0.05) is 30.3 Å². The van der Waals surface area contributed by atoms with Crippen LogP contribution in [-0.4, -0.2) is 22.9 Å². The van der Waals surface area contributed by atoms with Crippen LogP contribution in [0.4, 0.5) is 0 Å². The Labute approximate surface area is 138 Å². The Kier molecular flexibility index (Phi) is 4.09. The van der Waals surface area contributed by atoms with Crippen molar-refractivity contribution in [3.8, 4) is 11.1 Å². The summed E-state index contributed by atoms with van der Waals surface area (Å²) in [5.41, 5.74) is 14.7. The SMILES string of the molecule is Cn1c(=O)oc2ccc(-c3ccc(CC(N)(C=O)CN)cc3)cc21. The van der Waals surface area contributed by atoms with Crippen LogP contribution in [0.2, 0.25) is 0 Å². The molecule has 0 bridgehead atoms. The number of aldehydes is 1. The van der Waals surface area contributed by atoms with Gasteiger partial charge in [-0.2, -0.15) is 0 Å². The number of fused-ring (bicyclic) bond motifs is 1. The zero-order valence-corrected chi connectivity index (χ0v) is 13.4. The molecule has 1 atom stereocenters. The van der Waals surface area contributed by atoms with Crippen molar-refractivity contribution in [2.24, 2.45) is 18.5 Å². The fraction of sp³-hybridized carbons (Fsp3) is 0.222. The van der Waals surface area contributed by atoms with Gasteiger partial charge in [-0.05, 0) is 35.2 Å². The van der Waals surface area contributed by atoms with E-state index in [1.165, 1.54) is 4.57 Å². The summed E-state index contributed by atoms with van der Waals surface area (Å²) in [4.78, 5) is 22.6. The smallest absolute Gasteiger partial charge is 0.408 e. The summed E-state index contributed by atoms with van der Waals surface area (Å²) in [5.74, 6) is -0.382. The quantitative estimate of drug-likeness (QED) is 0.686. The fourth-order valence-corrected chi connectivity index (χ4v) is 2.66. The van der Waals surface area contributed by atoms with Gasteiger partial charge in [0.1, 0.15) is 6.29 Å². The molecule has 6 nitrogen and oxygen atoms in total. The number of carbonyl (C=O) groups excluding carboxylic acids is 1. The largest absolute Gasteiger partial charge is 0.419 e. The van der Waals surface area contributed by atoms with Gasteiger partial charge in [0.15, 0.2) is 5.58 Å². The third-order valence-electron chi connectivity index (χ3n) is 4.23. The highest BCUT2D eigenvalue weighted by Crippen LogP contribution is 2.24. The molecule has 0 saturated heterocycles. The first-order chi connectivity index (χ1) is 11.5. The molecule has 0 aliphatic heterocycles. The molecule has 1 aromatic heterocycles. The average Bonchev–Trinajstić information content (AvgIpc) is 2.89. The summed E-state index contributed by atoms with van der Waals surface area (Å²) in [6, 6.07) is 13.4. The summed E-state index contributed by atoms with van der Waals surface area (Å²) in [7, 11) is 1.67. The van der Waals surface area contributed by atoms with Crippen molar-refractivity contribution >= 4 is 17.4 Å². The number of aromatic nitrogens is 1. The lowest BCUT2D eigenvalue weighted by atomic mass is 9.92. The highest BCUT2D eigenvalue weighted by Gasteiger charge is 2.22. The highest BCUT2D eigenvalue weighted by molar-refractivity contribution is 5.80. The van der Waals surface area contributed by atoms with Crippen molar-refractivity contribution in [3.05, 3.63) is 58.6 Å². The molecule has 6 heteroatoms. The Morgan fingerprint density at radius 1 is 1.17 bits per heavy atom. The molecule has 0 amide bonds. The zero-order valence-electron chi connectivity index (χ0n) is 13.4. The molecule has 24 heavy (non-hydrogen) atoms. The van der Waals surface area contributed by atoms with E-state index >= 15 is 0 Å². The maximum absolute atomic E-state index is 11.6. The molecule has 124 valence electrons. The van der Waals surface area contributed by atoms with E-state index in [2.05, 4.69) is 0 Å². The second-order valence-electron chi connectivity index (χ2n) is 6.04. The number of nitrogens with zero attached hydrogens (tertiary/aromatic N) is 1. The molecule has 1 heterocycles. The summed E-state index contributed by atoms with van der Waals surface area (Å²) in [6.07, 6.45) is 1.09. The average molecular weight is 325 g/mol. The Morgan fingerprint density at radius 3 is 2.46 bits per heavy atom. The van der Waals surface area contributed by atoms with Gasteiger partial charge in [0.05, 0.1) is 11.1 Å². The first kappa shape index (κ1) is 16.2. The Morgan fingerprint density at radius 2 is 1.83 bits per heavy atom. The first-order valence-corrected chi connectivity index (χ1v) is 7.60. The van der Waals surface area contributed by atoms with E-state index in [-0.39, 0.29) is 12.3 Å². The van der Waals surface area contributed by atoms with Crippen LogP contribution < -0.4 is 17.2 Å². The van der Waals surface area contributed by atoms with E-state index in [4.69, 9.17) is 15.9 Å². The monoisotopic (exact) mass is 325 g/mol. The molecular formula is C18H19N3O3. The van der Waals surface area contributed by atoms with E-state index in [1.54, 1.807) is 13.1 Å². The Bertz CT molecular complexity index is 940. The second kappa shape index (κ2) is 6.07. The molecule has 4 N–H and O–H groups in total. The molecule has 3 rings (SSSR count). The van der Waals surface area contributed by atoms with Crippen LogP contribution >= 0.6 is 0 Å². The number of nitrogens with two attached hydrogens (primary N) is 2. The molecule has 0 saturated carbocycles. The van der Waals surface area contributed by atoms with Crippen LogP contribution in [0, 0.1) is 0 Å². The van der Waals surface area contributed by atoms with Crippen LogP contribution in [0.1, 0.15) is 5.56 Å². The van der Waals surface area contributed by atoms with Gasteiger partial charge in [-0.15, -0.1) is 0 Å². The molecule has 0 fully saturated rings. The molecule has 3 aromatic rings. The van der Waals surface area contributed by atoms with Gasteiger partial charge >= 0.3 is 5.76 Å². The maximum Gasteiger partial charge on any atom is 0.419 e. The van der Waals surface area contributed by atoms with Crippen molar-refractivity contribution in [2.45, 2.75) is 12.0 Å². The fourth-order valence-electron chi connectivity index (χ4n) is 2.66. The number of benzene rings is 2. The van der Waals surface area contributed by atoms with Crippen molar-refractivity contribution in [1.82, 2.24) is 4.57 Å². The van der Waals surface area contributed by atoms with Crippen LogP contribution in [-0.2, 0) is 18.3 Å².